The van der Waals surface area contributed by atoms with Gasteiger partial charge < -0.3 is 15.4 Å². The molecule has 0 aliphatic carbocycles. The summed E-state index contributed by atoms with van der Waals surface area (Å²) in [5.41, 5.74) is 0.685. The second kappa shape index (κ2) is 8.66. The Balaban J connectivity index is 1.42. The van der Waals surface area contributed by atoms with E-state index in [9.17, 15) is 4.79 Å². The number of nitrogens with one attached hydrogen (secondary N) is 2. The molecule has 1 atom stereocenters. The molecule has 9 heteroatoms. The zero-order valence-corrected chi connectivity index (χ0v) is 15.2. The van der Waals surface area contributed by atoms with Gasteiger partial charge in [-0.15, -0.1) is 10.2 Å². The van der Waals surface area contributed by atoms with Crippen molar-refractivity contribution in [3.63, 3.8) is 0 Å². The third kappa shape index (κ3) is 5.34. The van der Waals surface area contributed by atoms with Crippen LogP contribution in [0.1, 0.15) is 12.8 Å². The normalized spacial score (nSPS) is 17.0. The molecule has 0 spiro atoms. The number of carbonyl (C=O) groups is 1. The Morgan fingerprint density at radius 2 is 2.38 bits per heavy atom. The number of ether oxygens (including phenoxy) is 1. The maximum atomic E-state index is 12.0. The van der Waals surface area contributed by atoms with Crippen molar-refractivity contribution in [2.45, 2.75) is 23.3 Å². The van der Waals surface area contributed by atoms with Crippen LogP contribution in [0, 0.1) is 0 Å². The summed E-state index contributed by atoms with van der Waals surface area (Å²) in [6.07, 6.45) is 2.45. The fourth-order valence-electron chi connectivity index (χ4n) is 2.24. The van der Waals surface area contributed by atoms with Gasteiger partial charge in [-0.1, -0.05) is 40.8 Å². The Kier molecular flexibility index (Phi) is 6.30. The van der Waals surface area contributed by atoms with E-state index in [-0.39, 0.29) is 17.8 Å². The Morgan fingerprint density at radius 1 is 1.46 bits per heavy atom. The number of carbonyl (C=O) groups excluding carboxylic acids is 1. The highest BCUT2D eigenvalue weighted by atomic mass is 35.5. The van der Waals surface area contributed by atoms with Crippen LogP contribution in [-0.2, 0) is 9.53 Å². The van der Waals surface area contributed by atoms with Crippen LogP contribution in [0.3, 0.4) is 0 Å². The Labute approximate surface area is 153 Å². The van der Waals surface area contributed by atoms with E-state index >= 15 is 0 Å². The molecular formula is C15H17ClN4O2S2. The number of hydrogen-bond acceptors (Lipinski definition) is 7. The van der Waals surface area contributed by atoms with Crippen LogP contribution in [0.25, 0.3) is 0 Å². The summed E-state index contributed by atoms with van der Waals surface area (Å²) in [5.74, 6) is 0.165. The lowest BCUT2D eigenvalue weighted by Crippen LogP contribution is -2.18. The Bertz CT molecular complexity index is 692. The van der Waals surface area contributed by atoms with Crippen molar-refractivity contribution in [3.05, 3.63) is 29.3 Å². The first kappa shape index (κ1) is 17.5. The van der Waals surface area contributed by atoms with Crippen LogP contribution >= 0.6 is 34.7 Å². The van der Waals surface area contributed by atoms with Gasteiger partial charge >= 0.3 is 0 Å². The minimum Gasteiger partial charge on any atom is -0.376 e. The molecule has 128 valence electrons. The number of halogens is 1. The first-order valence-electron chi connectivity index (χ1n) is 7.56. The van der Waals surface area contributed by atoms with Gasteiger partial charge in [0.1, 0.15) is 0 Å². The molecule has 0 radical (unpaired) electrons. The molecule has 6 nitrogen and oxygen atoms in total. The summed E-state index contributed by atoms with van der Waals surface area (Å²) >= 11 is 8.69. The second-order valence-corrected chi connectivity index (χ2v) is 7.87. The highest BCUT2D eigenvalue weighted by Gasteiger charge is 2.16. The van der Waals surface area contributed by atoms with Crippen molar-refractivity contribution >= 4 is 51.4 Å². The van der Waals surface area contributed by atoms with E-state index in [1.807, 2.05) is 0 Å². The fraction of sp³-hybridized carbons (Fsp3) is 0.400. The van der Waals surface area contributed by atoms with Crippen molar-refractivity contribution in [1.29, 1.82) is 0 Å². The molecule has 1 aliphatic heterocycles. The Hall–Kier alpha value is -1.35. The molecule has 1 saturated heterocycles. The van der Waals surface area contributed by atoms with Gasteiger partial charge in [-0.2, -0.15) is 0 Å². The summed E-state index contributed by atoms with van der Waals surface area (Å²) in [6, 6.07) is 7.06. The van der Waals surface area contributed by atoms with E-state index in [0.29, 0.717) is 10.7 Å². The van der Waals surface area contributed by atoms with E-state index < -0.39 is 0 Å². The van der Waals surface area contributed by atoms with Gasteiger partial charge in [-0.3, -0.25) is 4.79 Å². The van der Waals surface area contributed by atoms with Gasteiger partial charge in [0.2, 0.25) is 11.0 Å². The summed E-state index contributed by atoms with van der Waals surface area (Å²) in [4.78, 5) is 12.0. The average Bonchev–Trinajstić information content (AvgIpc) is 3.23. The first-order valence-corrected chi connectivity index (χ1v) is 9.74. The van der Waals surface area contributed by atoms with Crippen LogP contribution in [0.15, 0.2) is 28.6 Å². The third-order valence-electron chi connectivity index (χ3n) is 3.35. The molecule has 24 heavy (non-hydrogen) atoms. The van der Waals surface area contributed by atoms with Crippen LogP contribution in [-0.4, -0.2) is 41.1 Å². The number of rotatable bonds is 7. The molecule has 1 aliphatic rings. The second-order valence-electron chi connectivity index (χ2n) is 5.24. The van der Waals surface area contributed by atoms with E-state index in [2.05, 4.69) is 20.8 Å². The third-order valence-corrected chi connectivity index (χ3v) is 5.60. The predicted molar refractivity (Wildman–Crippen MR) is 98.2 cm³/mol. The van der Waals surface area contributed by atoms with Crippen LogP contribution in [0.2, 0.25) is 5.02 Å². The average molecular weight is 385 g/mol. The highest BCUT2D eigenvalue weighted by molar-refractivity contribution is 8.01. The number of nitrogens with zero attached hydrogens (tertiary/aromatic N) is 2. The standard InChI is InChI=1S/C15H17ClN4O2S2/c16-10-3-1-4-11(7-10)18-13(21)9-23-15-20-19-14(24-15)17-8-12-5-2-6-22-12/h1,3-4,7,12H,2,5-6,8-9H2,(H,17,19)(H,18,21)/t12-/m1/s1. The van der Waals surface area contributed by atoms with Crippen LogP contribution in [0.4, 0.5) is 10.8 Å². The van der Waals surface area contributed by atoms with Gasteiger partial charge in [0.25, 0.3) is 0 Å². The SMILES string of the molecule is O=C(CSc1nnc(NC[C@H]2CCCO2)s1)Nc1cccc(Cl)c1. The number of thioether (sulfide) groups is 1. The number of aromatic nitrogens is 2. The summed E-state index contributed by atoms with van der Waals surface area (Å²) in [6.45, 7) is 1.58. The smallest absolute Gasteiger partial charge is 0.234 e. The van der Waals surface area contributed by atoms with Gasteiger partial charge in [-0.25, -0.2) is 0 Å². The minimum atomic E-state index is -0.105. The zero-order valence-electron chi connectivity index (χ0n) is 12.8. The van der Waals surface area contributed by atoms with E-state index in [1.54, 1.807) is 24.3 Å². The topological polar surface area (TPSA) is 76.1 Å². The molecule has 1 fully saturated rings. The van der Waals surface area contributed by atoms with E-state index in [4.69, 9.17) is 16.3 Å². The van der Waals surface area contributed by atoms with Gasteiger partial charge in [0, 0.05) is 23.9 Å². The van der Waals surface area contributed by atoms with Crippen molar-refractivity contribution in [1.82, 2.24) is 10.2 Å². The lowest BCUT2D eigenvalue weighted by molar-refractivity contribution is -0.113. The zero-order chi connectivity index (χ0) is 16.8. The molecule has 1 amide bonds. The van der Waals surface area contributed by atoms with Gasteiger partial charge in [0.05, 0.1) is 11.9 Å². The minimum absolute atomic E-state index is 0.105. The van der Waals surface area contributed by atoms with E-state index in [0.717, 1.165) is 35.5 Å². The predicted octanol–water partition coefficient (Wildman–Crippen LogP) is 3.51. The van der Waals surface area contributed by atoms with Crippen molar-refractivity contribution < 1.29 is 9.53 Å². The van der Waals surface area contributed by atoms with Crippen LogP contribution in [0.5, 0.6) is 0 Å². The number of hydrogen-bond donors (Lipinski definition) is 2. The van der Waals surface area contributed by atoms with Crippen molar-refractivity contribution in [2.24, 2.45) is 0 Å². The maximum absolute atomic E-state index is 12.0. The molecule has 0 bridgehead atoms. The van der Waals surface area contributed by atoms with Crippen molar-refractivity contribution in [2.75, 3.05) is 29.5 Å². The molecule has 2 N–H and O–H groups in total. The van der Waals surface area contributed by atoms with Crippen molar-refractivity contribution in [3.8, 4) is 0 Å². The van der Waals surface area contributed by atoms with Gasteiger partial charge in [0.15, 0.2) is 4.34 Å². The monoisotopic (exact) mass is 384 g/mol. The molecule has 2 aromatic rings. The maximum Gasteiger partial charge on any atom is 0.234 e. The number of benzene rings is 1. The molecule has 3 rings (SSSR count). The molecule has 0 unspecified atom stereocenters. The lowest BCUT2D eigenvalue weighted by Gasteiger charge is -2.08. The number of amides is 1. The lowest BCUT2D eigenvalue weighted by atomic mass is 10.2. The summed E-state index contributed by atoms with van der Waals surface area (Å²) < 4.78 is 6.31. The number of anilines is 2. The Morgan fingerprint density at radius 3 is 3.17 bits per heavy atom. The summed E-state index contributed by atoms with van der Waals surface area (Å²) in [7, 11) is 0. The van der Waals surface area contributed by atoms with Gasteiger partial charge in [-0.05, 0) is 31.0 Å². The highest BCUT2D eigenvalue weighted by Crippen LogP contribution is 2.26. The first-order chi connectivity index (χ1) is 11.7. The summed E-state index contributed by atoms with van der Waals surface area (Å²) in [5, 5.41) is 15.5. The largest absolute Gasteiger partial charge is 0.376 e. The van der Waals surface area contributed by atoms with Crippen LogP contribution < -0.4 is 10.6 Å². The molecule has 1 aromatic carbocycles. The molecule has 1 aromatic heterocycles. The molecule has 2 heterocycles. The molecule has 0 saturated carbocycles. The van der Waals surface area contributed by atoms with E-state index in [1.165, 1.54) is 23.1 Å². The fourth-order valence-corrected chi connectivity index (χ4v) is 3.99. The molecular weight excluding hydrogens is 368 g/mol. The quantitative estimate of drug-likeness (QED) is 0.711.